The molecule has 0 spiro atoms. The second-order valence-corrected chi connectivity index (χ2v) is 29.8. The Kier molecular flexibility index (Phi) is 21.1. The zero-order valence-electron chi connectivity index (χ0n) is 52.1. The minimum atomic E-state index is -4.72. The van der Waals surface area contributed by atoms with Gasteiger partial charge in [0.1, 0.15) is 6.04 Å². The van der Waals surface area contributed by atoms with E-state index in [1.165, 1.54) is 0 Å². The molecule has 5 saturated carbocycles. The molecule has 454 valence electrons. The van der Waals surface area contributed by atoms with E-state index in [1.807, 2.05) is 58.5 Å². The molecule has 17 heteroatoms. The lowest BCUT2D eigenvalue weighted by molar-refractivity contribution is -0.249. The van der Waals surface area contributed by atoms with Gasteiger partial charge in [-0.3, -0.25) is 28.6 Å². The van der Waals surface area contributed by atoms with Crippen molar-refractivity contribution in [2.45, 2.75) is 222 Å². The molecule has 1 saturated heterocycles. The van der Waals surface area contributed by atoms with Gasteiger partial charge in [0.25, 0.3) is 0 Å². The van der Waals surface area contributed by atoms with Gasteiger partial charge in [0, 0.05) is 34.4 Å². The summed E-state index contributed by atoms with van der Waals surface area (Å²) in [4.78, 5) is 82.4. The Balaban J connectivity index is 1.13. The van der Waals surface area contributed by atoms with Crippen LogP contribution in [0.4, 0.5) is 0 Å². The van der Waals surface area contributed by atoms with Crippen molar-refractivity contribution in [3.63, 3.8) is 0 Å². The minimum absolute atomic E-state index is 0.00612. The third-order valence-corrected chi connectivity index (χ3v) is 23.8. The van der Waals surface area contributed by atoms with Gasteiger partial charge in [0.05, 0.1) is 55.4 Å². The fourth-order valence-electron chi connectivity index (χ4n) is 18.7. The number of likely N-dealkylation sites (N-methyl/N-ethyl adjacent to an activating group) is 2. The molecule has 1 heterocycles. The van der Waals surface area contributed by atoms with Crippen molar-refractivity contribution >= 4 is 31.5 Å². The van der Waals surface area contributed by atoms with Crippen molar-refractivity contribution in [2.75, 3.05) is 55.1 Å². The van der Waals surface area contributed by atoms with Gasteiger partial charge in [-0.25, -0.2) is 4.57 Å². The highest BCUT2D eigenvalue weighted by Gasteiger charge is 2.71. The number of hydrogen-bond acceptors (Lipinski definition) is 10. The molecule has 6 aliphatic rings. The van der Waals surface area contributed by atoms with Gasteiger partial charge in [0.15, 0.2) is 0 Å². The summed E-state index contributed by atoms with van der Waals surface area (Å²) >= 11 is 0. The number of rotatable bonds is 24. The van der Waals surface area contributed by atoms with Gasteiger partial charge in [-0.2, -0.15) is 0 Å². The van der Waals surface area contributed by atoms with Gasteiger partial charge in [-0.05, 0) is 172 Å². The molecule has 0 aromatic heterocycles. The first-order chi connectivity index (χ1) is 36.7. The fraction of sp³-hybridized carbons (Fsp3) is 0.903. The van der Waals surface area contributed by atoms with Crippen LogP contribution in [0, 0.1) is 80.3 Å². The summed E-state index contributed by atoms with van der Waals surface area (Å²) < 4.78 is 30.1. The first-order valence-electron chi connectivity index (χ1n) is 30.6. The van der Waals surface area contributed by atoms with Crippen LogP contribution < -0.4 is 10.6 Å². The Morgan fingerprint density at radius 3 is 2.06 bits per heavy atom. The molecule has 0 bridgehead atoms. The van der Waals surface area contributed by atoms with Crippen molar-refractivity contribution in [1.82, 2.24) is 25.3 Å². The molecule has 3 unspecified atom stereocenters. The Hall–Kier alpha value is -2.43. The summed E-state index contributed by atoms with van der Waals surface area (Å²) in [6.45, 7) is 31.6. The predicted molar refractivity (Wildman–Crippen MR) is 310 cm³/mol. The third kappa shape index (κ3) is 12.7. The van der Waals surface area contributed by atoms with E-state index < -0.39 is 44.1 Å². The van der Waals surface area contributed by atoms with E-state index in [0.29, 0.717) is 43.7 Å². The van der Waals surface area contributed by atoms with Crippen LogP contribution in [-0.2, 0) is 37.7 Å². The Morgan fingerprint density at radius 2 is 1.48 bits per heavy atom. The number of aliphatic hydroxyl groups excluding tert-OH is 1. The normalized spacial score (nSPS) is 35.0. The van der Waals surface area contributed by atoms with Crippen LogP contribution in [0.25, 0.3) is 0 Å². The molecule has 5 aliphatic carbocycles. The smallest absolute Gasteiger partial charge is 0.393 e. The summed E-state index contributed by atoms with van der Waals surface area (Å²) in [6.07, 6.45) is 10.9. The largest absolute Gasteiger partial charge is 0.469 e. The summed E-state index contributed by atoms with van der Waals surface area (Å²) in [5.41, 5.74) is 0.707. The van der Waals surface area contributed by atoms with Gasteiger partial charge in [-0.1, -0.05) is 102 Å². The van der Waals surface area contributed by atoms with E-state index in [1.54, 1.807) is 26.2 Å². The standard InChI is InChI=1S/C62H110N5O11P/c1-19-39(6)53(66(16)57(72)51(37(2)3)64-56(71)52(38(4)5)65(14)15)45(76-17)35-49(69)67-34-20-21-44(67)54(77-18)41(8)55(70)63-33-27-40(7)42-24-30-62(36-78-79(73,74)75)32-31-60(12)43(50(42)62)22-23-47-59(11)28-26-48(68)58(9,10)46(59)25-29-61(47,60)13/h37-39,41-48,50-54,68H,7,19-36H2,1-6,8-18H3,(H,63,70)(H,64,71)(H2,73,74,75)/t39-,41+,42-,43?,44?,45+,46-,47?,48-,50+,51-,52-,53-,54+,59-,60+,61+,62+/m0/s1. The maximum atomic E-state index is 14.6. The number of carbonyl (C=O) groups is 4. The van der Waals surface area contributed by atoms with Crippen molar-refractivity contribution < 1.29 is 52.6 Å². The van der Waals surface area contributed by atoms with Crippen molar-refractivity contribution in [3.8, 4) is 0 Å². The van der Waals surface area contributed by atoms with Crippen LogP contribution in [0.1, 0.15) is 179 Å². The molecule has 0 radical (unpaired) electrons. The number of nitrogens with zero attached hydrogens (tertiary/aromatic N) is 3. The molecule has 16 nitrogen and oxygen atoms in total. The van der Waals surface area contributed by atoms with Crippen LogP contribution >= 0.6 is 7.82 Å². The minimum Gasteiger partial charge on any atom is -0.393 e. The molecule has 0 aromatic rings. The lowest BCUT2D eigenvalue weighted by Gasteiger charge is -2.73. The third-order valence-electron chi connectivity index (χ3n) is 23.3. The molecule has 79 heavy (non-hydrogen) atoms. The van der Waals surface area contributed by atoms with Crippen LogP contribution in [0.5, 0.6) is 0 Å². The second-order valence-electron chi connectivity index (χ2n) is 28.5. The molecule has 1 aliphatic heterocycles. The predicted octanol–water partition coefficient (Wildman–Crippen LogP) is 9.25. The van der Waals surface area contributed by atoms with Crippen LogP contribution in [0.15, 0.2) is 12.2 Å². The van der Waals surface area contributed by atoms with Gasteiger partial charge < -0.3 is 44.8 Å². The average molecular weight is 1130 g/mol. The van der Waals surface area contributed by atoms with E-state index in [2.05, 4.69) is 59.1 Å². The molecule has 4 amide bonds. The molecule has 6 fully saturated rings. The highest BCUT2D eigenvalue weighted by Crippen LogP contribution is 2.78. The number of amides is 4. The molecule has 6 rings (SSSR count). The second kappa shape index (κ2) is 25.4. The molecule has 0 aromatic carbocycles. The summed E-state index contributed by atoms with van der Waals surface area (Å²) in [6, 6.07) is -2.02. The number of likely N-dealkylation sites (tertiary alicyclic amines) is 1. The number of aliphatic hydroxyl groups is 1. The maximum Gasteiger partial charge on any atom is 0.469 e. The summed E-state index contributed by atoms with van der Waals surface area (Å²) in [5.74, 6) is -0.0185. The maximum absolute atomic E-state index is 14.6. The lowest BCUT2D eigenvalue weighted by atomic mass is 9.32. The van der Waals surface area contributed by atoms with E-state index in [4.69, 9.17) is 20.6 Å². The fourth-order valence-corrected chi connectivity index (χ4v) is 19.2. The Morgan fingerprint density at radius 1 is 0.810 bits per heavy atom. The average Bonchev–Trinajstić information content (AvgIpc) is 4.24. The van der Waals surface area contributed by atoms with Crippen LogP contribution in [0.2, 0.25) is 0 Å². The van der Waals surface area contributed by atoms with Crippen molar-refractivity contribution in [2.24, 2.45) is 80.3 Å². The number of methoxy groups -OCH3 is 2. The number of carbonyl (C=O) groups excluding carboxylic acids is 4. The molecule has 5 N–H and O–H groups in total. The highest BCUT2D eigenvalue weighted by atomic mass is 31.2. The topological polar surface area (TPSA) is 208 Å². The van der Waals surface area contributed by atoms with E-state index in [-0.39, 0.29) is 105 Å². The van der Waals surface area contributed by atoms with Crippen LogP contribution in [0.3, 0.4) is 0 Å². The quantitative estimate of drug-likeness (QED) is 0.0453. The molecular weight excluding hydrogens is 1020 g/mol. The zero-order chi connectivity index (χ0) is 59.1. The Bertz CT molecular complexity index is 2200. The van der Waals surface area contributed by atoms with Gasteiger partial charge in [0.2, 0.25) is 23.6 Å². The van der Waals surface area contributed by atoms with Gasteiger partial charge >= 0.3 is 7.82 Å². The number of fused-ring (bicyclic) bond motifs is 7. The van der Waals surface area contributed by atoms with Crippen molar-refractivity contribution in [1.29, 1.82) is 0 Å². The molecule has 18 atom stereocenters. The van der Waals surface area contributed by atoms with E-state index in [9.17, 15) is 38.6 Å². The lowest BCUT2D eigenvalue weighted by Crippen LogP contribution is -2.66. The van der Waals surface area contributed by atoms with E-state index in [0.717, 1.165) is 82.6 Å². The number of ether oxygens (including phenoxy) is 2. The summed E-state index contributed by atoms with van der Waals surface area (Å²) in [5, 5.41) is 17.5. The number of phosphoric ester groups is 1. The first kappa shape index (κ1) is 65.7. The Labute approximate surface area is 477 Å². The highest BCUT2D eigenvalue weighted by molar-refractivity contribution is 7.46. The first-order valence-corrected chi connectivity index (χ1v) is 32.2. The number of hydrogen-bond donors (Lipinski definition) is 5. The SMILES string of the molecule is C=C(CCNC(=O)[C@H](C)[C@@H](OC)C1CCCN1C(=O)C[C@@H](OC)[C@H]([C@@H](C)CC)N(C)C(=O)[C@@H](NC(=O)[C@H](C(C)C)N(C)C)C(C)C)[C@@H]1CC[C@]2(COP(=O)(O)O)CC[C@]3(C)C(CCC4[C@@]5(C)CC[C@H](O)C(C)(C)[C@@H]5CC[C@]43C)[C@@H]12. The number of phosphoric acid groups is 1. The molecular formula is C62H110N5O11P. The zero-order valence-corrected chi connectivity index (χ0v) is 53.0. The summed E-state index contributed by atoms with van der Waals surface area (Å²) in [7, 11) is 3.92. The monoisotopic (exact) mass is 1130 g/mol. The van der Waals surface area contributed by atoms with Crippen LogP contribution in [-0.4, -0.2) is 151 Å². The van der Waals surface area contributed by atoms with Crippen molar-refractivity contribution in [3.05, 3.63) is 12.2 Å². The van der Waals surface area contributed by atoms with E-state index >= 15 is 0 Å². The number of nitrogens with one attached hydrogen (secondary N) is 2. The van der Waals surface area contributed by atoms with Gasteiger partial charge in [-0.15, -0.1) is 0 Å².